The molecule has 0 radical (unpaired) electrons. The molecule has 84 valence electrons. The van der Waals surface area contributed by atoms with Crippen LogP contribution in [0.1, 0.15) is 39.5 Å². The molecule has 0 unspecified atom stereocenters. The fourth-order valence-corrected chi connectivity index (χ4v) is 2.00. The van der Waals surface area contributed by atoms with Crippen molar-refractivity contribution in [2.45, 2.75) is 39.5 Å². The monoisotopic (exact) mass is 198 g/mol. The van der Waals surface area contributed by atoms with E-state index in [-0.39, 0.29) is 0 Å². The number of rotatable bonds is 7. The number of likely N-dealkylation sites (tertiary alicyclic amines) is 1. The van der Waals surface area contributed by atoms with Crippen LogP contribution in [-0.2, 0) is 0 Å². The van der Waals surface area contributed by atoms with Crippen molar-refractivity contribution in [3.63, 3.8) is 0 Å². The van der Waals surface area contributed by atoms with Gasteiger partial charge in [-0.05, 0) is 51.2 Å². The second-order valence-electron chi connectivity index (χ2n) is 4.83. The fraction of sp³-hybridized carbons (Fsp3) is 1.00. The maximum Gasteiger partial charge on any atom is 0.0107 e. The van der Waals surface area contributed by atoms with Gasteiger partial charge >= 0.3 is 0 Å². The Hall–Kier alpha value is -0.0800. The molecule has 2 nitrogen and oxygen atoms in total. The lowest BCUT2D eigenvalue weighted by molar-refractivity contribution is 0.335. The number of nitrogens with one attached hydrogen (secondary N) is 1. The molecule has 14 heavy (non-hydrogen) atoms. The molecule has 0 aromatic carbocycles. The van der Waals surface area contributed by atoms with Gasteiger partial charge < -0.3 is 10.2 Å². The average molecular weight is 198 g/mol. The lowest BCUT2D eigenvalue weighted by atomic mass is 10.1. The van der Waals surface area contributed by atoms with Crippen molar-refractivity contribution in [3.8, 4) is 0 Å². The molecule has 0 aliphatic carbocycles. The first-order valence-corrected chi connectivity index (χ1v) is 6.22. The molecule has 0 bridgehead atoms. The maximum atomic E-state index is 3.53. The van der Waals surface area contributed by atoms with E-state index in [0.29, 0.717) is 0 Å². The van der Waals surface area contributed by atoms with Crippen molar-refractivity contribution >= 4 is 0 Å². The van der Waals surface area contributed by atoms with E-state index in [4.69, 9.17) is 0 Å². The maximum absolute atomic E-state index is 3.53. The largest absolute Gasteiger partial charge is 0.315 e. The van der Waals surface area contributed by atoms with Crippen molar-refractivity contribution in [1.29, 1.82) is 0 Å². The highest BCUT2D eigenvalue weighted by Gasteiger charge is 2.09. The van der Waals surface area contributed by atoms with Crippen LogP contribution >= 0.6 is 0 Å². The first kappa shape index (κ1) is 12.0. The van der Waals surface area contributed by atoms with Crippen LogP contribution in [0.4, 0.5) is 0 Å². The lowest BCUT2D eigenvalue weighted by Gasteiger charge is -2.14. The number of hydrogen-bond acceptors (Lipinski definition) is 2. The van der Waals surface area contributed by atoms with Gasteiger partial charge in [-0.3, -0.25) is 0 Å². The summed E-state index contributed by atoms with van der Waals surface area (Å²) in [7, 11) is 0. The third-order valence-corrected chi connectivity index (χ3v) is 2.94. The molecule has 1 heterocycles. The normalized spacial score (nSPS) is 18.2. The Morgan fingerprint density at radius 3 is 2.50 bits per heavy atom. The van der Waals surface area contributed by atoms with Gasteiger partial charge in [0.1, 0.15) is 0 Å². The van der Waals surface area contributed by atoms with E-state index >= 15 is 0 Å². The molecular weight excluding hydrogens is 172 g/mol. The van der Waals surface area contributed by atoms with Gasteiger partial charge in [-0.1, -0.05) is 13.8 Å². The van der Waals surface area contributed by atoms with Crippen LogP contribution in [0, 0.1) is 5.92 Å². The van der Waals surface area contributed by atoms with Gasteiger partial charge in [0.25, 0.3) is 0 Å². The SMILES string of the molecule is CC(C)CCCNCCN1CCCC1. The summed E-state index contributed by atoms with van der Waals surface area (Å²) in [4.78, 5) is 2.56. The van der Waals surface area contributed by atoms with Crippen LogP contribution in [-0.4, -0.2) is 37.6 Å². The minimum Gasteiger partial charge on any atom is -0.315 e. The second kappa shape index (κ2) is 7.24. The van der Waals surface area contributed by atoms with Crippen LogP contribution in [0.2, 0.25) is 0 Å². The zero-order valence-corrected chi connectivity index (χ0v) is 9.89. The lowest BCUT2D eigenvalue weighted by Crippen LogP contribution is -2.30. The topological polar surface area (TPSA) is 15.3 Å². The van der Waals surface area contributed by atoms with Gasteiger partial charge in [-0.25, -0.2) is 0 Å². The van der Waals surface area contributed by atoms with Gasteiger partial charge in [-0.2, -0.15) is 0 Å². The summed E-state index contributed by atoms with van der Waals surface area (Å²) in [5.74, 6) is 0.857. The van der Waals surface area contributed by atoms with Crippen LogP contribution in [0.25, 0.3) is 0 Å². The molecule has 0 aromatic heterocycles. The van der Waals surface area contributed by atoms with Crippen molar-refractivity contribution in [2.75, 3.05) is 32.7 Å². The zero-order valence-electron chi connectivity index (χ0n) is 9.89. The smallest absolute Gasteiger partial charge is 0.0107 e. The summed E-state index contributed by atoms with van der Waals surface area (Å²) in [5.41, 5.74) is 0. The Kier molecular flexibility index (Phi) is 6.20. The molecule has 0 saturated carbocycles. The van der Waals surface area contributed by atoms with Gasteiger partial charge in [0.2, 0.25) is 0 Å². The summed E-state index contributed by atoms with van der Waals surface area (Å²) in [5, 5.41) is 3.53. The van der Waals surface area contributed by atoms with Crippen molar-refractivity contribution in [1.82, 2.24) is 10.2 Å². The van der Waals surface area contributed by atoms with E-state index < -0.39 is 0 Å². The van der Waals surface area contributed by atoms with Crippen molar-refractivity contribution in [2.24, 2.45) is 5.92 Å². The molecule has 1 rings (SSSR count). The van der Waals surface area contributed by atoms with Crippen LogP contribution in [0.3, 0.4) is 0 Å². The predicted octanol–water partition coefficient (Wildman–Crippen LogP) is 2.11. The molecule has 1 fully saturated rings. The van der Waals surface area contributed by atoms with E-state index in [9.17, 15) is 0 Å². The minimum atomic E-state index is 0.857. The Balaban J connectivity index is 1.79. The Morgan fingerprint density at radius 2 is 1.86 bits per heavy atom. The molecule has 1 aliphatic rings. The first-order valence-electron chi connectivity index (χ1n) is 6.22. The molecule has 0 aromatic rings. The Morgan fingerprint density at radius 1 is 1.14 bits per heavy atom. The quantitative estimate of drug-likeness (QED) is 0.630. The Bertz CT molecular complexity index is 128. The zero-order chi connectivity index (χ0) is 10.2. The third kappa shape index (κ3) is 5.61. The third-order valence-electron chi connectivity index (χ3n) is 2.94. The summed E-state index contributed by atoms with van der Waals surface area (Å²) < 4.78 is 0. The fourth-order valence-electron chi connectivity index (χ4n) is 2.00. The first-order chi connectivity index (χ1) is 6.79. The molecule has 1 saturated heterocycles. The van der Waals surface area contributed by atoms with Crippen LogP contribution in [0.15, 0.2) is 0 Å². The molecule has 0 spiro atoms. The van der Waals surface area contributed by atoms with Crippen molar-refractivity contribution in [3.05, 3.63) is 0 Å². The highest BCUT2D eigenvalue weighted by Crippen LogP contribution is 2.05. The molecular formula is C12H26N2. The van der Waals surface area contributed by atoms with E-state index in [1.54, 1.807) is 0 Å². The average Bonchev–Trinajstić information content (AvgIpc) is 2.63. The number of hydrogen-bond donors (Lipinski definition) is 1. The molecule has 0 atom stereocenters. The van der Waals surface area contributed by atoms with Gasteiger partial charge in [0.05, 0.1) is 0 Å². The molecule has 2 heteroatoms. The number of nitrogens with zero attached hydrogens (tertiary/aromatic N) is 1. The standard InChI is InChI=1S/C12H26N2/c1-12(2)6-5-7-13-8-11-14-9-3-4-10-14/h12-13H,3-11H2,1-2H3. The van der Waals surface area contributed by atoms with Gasteiger partial charge in [0, 0.05) is 13.1 Å². The van der Waals surface area contributed by atoms with E-state index in [0.717, 1.165) is 5.92 Å². The van der Waals surface area contributed by atoms with E-state index in [1.807, 2.05) is 0 Å². The van der Waals surface area contributed by atoms with Gasteiger partial charge in [-0.15, -0.1) is 0 Å². The highest BCUT2D eigenvalue weighted by molar-refractivity contribution is 4.66. The van der Waals surface area contributed by atoms with Gasteiger partial charge in [0.15, 0.2) is 0 Å². The summed E-state index contributed by atoms with van der Waals surface area (Å²) in [6.07, 6.45) is 5.51. The van der Waals surface area contributed by atoms with E-state index in [2.05, 4.69) is 24.1 Å². The second-order valence-corrected chi connectivity index (χ2v) is 4.83. The molecule has 1 aliphatic heterocycles. The summed E-state index contributed by atoms with van der Waals surface area (Å²) in [6, 6.07) is 0. The van der Waals surface area contributed by atoms with Crippen LogP contribution in [0.5, 0.6) is 0 Å². The molecule has 0 amide bonds. The van der Waals surface area contributed by atoms with E-state index in [1.165, 1.54) is 58.4 Å². The molecule has 1 N–H and O–H groups in total. The highest BCUT2D eigenvalue weighted by atomic mass is 15.1. The summed E-state index contributed by atoms with van der Waals surface area (Å²) in [6.45, 7) is 10.9. The Labute approximate surface area is 89.1 Å². The van der Waals surface area contributed by atoms with Crippen LogP contribution < -0.4 is 5.32 Å². The summed E-state index contributed by atoms with van der Waals surface area (Å²) >= 11 is 0. The predicted molar refractivity (Wildman–Crippen MR) is 62.6 cm³/mol. The minimum absolute atomic E-state index is 0.857. The van der Waals surface area contributed by atoms with Crippen molar-refractivity contribution < 1.29 is 0 Å².